The molecule has 4 rings (SSSR count). The Morgan fingerprint density at radius 3 is 3.00 bits per heavy atom. The van der Waals surface area contributed by atoms with Crippen LogP contribution in [-0.4, -0.2) is 53.1 Å². The Morgan fingerprint density at radius 2 is 2.17 bits per heavy atom. The maximum Gasteiger partial charge on any atom is 0.117 e. The number of hydrogen-bond acceptors (Lipinski definition) is 5. The molecule has 0 aromatic carbocycles. The van der Waals surface area contributed by atoms with Gasteiger partial charge in [-0.15, -0.1) is 0 Å². The number of piperazine rings is 1. The van der Waals surface area contributed by atoms with Crippen molar-refractivity contribution >= 4 is 0 Å². The maximum absolute atomic E-state index is 6.14. The summed E-state index contributed by atoms with van der Waals surface area (Å²) in [5.41, 5.74) is 2.08. The molecule has 0 bridgehead atoms. The molecule has 5 nitrogen and oxygen atoms in total. The monoisotopic (exact) mass is 327 g/mol. The number of pyridine rings is 1. The van der Waals surface area contributed by atoms with Gasteiger partial charge >= 0.3 is 0 Å². The average Bonchev–Trinajstić information content (AvgIpc) is 3.22. The van der Waals surface area contributed by atoms with Gasteiger partial charge in [-0.25, -0.2) is 0 Å². The molecule has 2 aromatic heterocycles. The minimum atomic E-state index is 0.320. The molecule has 5 heteroatoms. The fraction of sp³-hybridized carbons (Fsp3) is 0.526. The highest BCUT2D eigenvalue weighted by molar-refractivity contribution is 5.09. The molecule has 4 heterocycles. The standard InChI is InChI=1S/C19H25N3O2/c1-15-4-2-5-16(20-15)14-24-19-10-17-11-21(7-8-22(17)13-19)12-18-6-3-9-23-18/h2-6,9,17,19H,7-8,10-14H2,1H3/t17-,19+/m1/s1. The zero-order valence-electron chi connectivity index (χ0n) is 14.2. The summed E-state index contributed by atoms with van der Waals surface area (Å²) in [6.07, 6.45) is 3.19. The quantitative estimate of drug-likeness (QED) is 0.844. The predicted octanol–water partition coefficient (Wildman–Crippen LogP) is 2.46. The second-order valence-corrected chi connectivity index (χ2v) is 6.90. The minimum Gasteiger partial charge on any atom is -0.468 e. The van der Waals surface area contributed by atoms with E-state index in [-0.39, 0.29) is 0 Å². The molecule has 2 aromatic rings. The molecule has 128 valence electrons. The van der Waals surface area contributed by atoms with Gasteiger partial charge in [0, 0.05) is 37.9 Å². The zero-order chi connectivity index (χ0) is 16.4. The van der Waals surface area contributed by atoms with Gasteiger partial charge in [0.05, 0.1) is 31.2 Å². The van der Waals surface area contributed by atoms with E-state index in [1.807, 2.05) is 31.2 Å². The summed E-state index contributed by atoms with van der Waals surface area (Å²) in [7, 11) is 0. The van der Waals surface area contributed by atoms with Gasteiger partial charge in [-0.1, -0.05) is 6.07 Å². The molecule has 0 unspecified atom stereocenters. The molecule has 2 saturated heterocycles. The van der Waals surface area contributed by atoms with Gasteiger partial charge < -0.3 is 9.15 Å². The summed E-state index contributed by atoms with van der Waals surface area (Å²) >= 11 is 0. The molecule has 0 aliphatic carbocycles. The zero-order valence-corrected chi connectivity index (χ0v) is 14.2. The Kier molecular flexibility index (Phi) is 4.65. The van der Waals surface area contributed by atoms with Gasteiger partial charge in [-0.05, 0) is 37.6 Å². The van der Waals surface area contributed by atoms with Gasteiger partial charge in [0.1, 0.15) is 5.76 Å². The van der Waals surface area contributed by atoms with E-state index >= 15 is 0 Å². The predicted molar refractivity (Wildman–Crippen MR) is 91.5 cm³/mol. The van der Waals surface area contributed by atoms with Crippen LogP contribution in [0.15, 0.2) is 41.0 Å². The molecule has 0 radical (unpaired) electrons. The third-order valence-electron chi connectivity index (χ3n) is 5.03. The van der Waals surface area contributed by atoms with Gasteiger partial charge in [-0.2, -0.15) is 0 Å². The Bertz CT molecular complexity index is 658. The van der Waals surface area contributed by atoms with Crippen molar-refractivity contribution in [1.29, 1.82) is 0 Å². The van der Waals surface area contributed by atoms with Gasteiger partial charge in [0.2, 0.25) is 0 Å². The van der Waals surface area contributed by atoms with Crippen molar-refractivity contribution in [3.8, 4) is 0 Å². The van der Waals surface area contributed by atoms with Crippen LogP contribution in [0.2, 0.25) is 0 Å². The first kappa shape index (κ1) is 15.8. The number of aromatic nitrogens is 1. The lowest BCUT2D eigenvalue weighted by atomic mass is 10.1. The number of hydrogen-bond donors (Lipinski definition) is 0. The SMILES string of the molecule is Cc1cccc(CO[C@H]2C[C@@H]3CN(Cc4ccco4)CCN3C2)n1. The van der Waals surface area contributed by atoms with Crippen molar-refractivity contribution in [1.82, 2.24) is 14.8 Å². The Morgan fingerprint density at radius 1 is 1.21 bits per heavy atom. The Balaban J connectivity index is 1.28. The molecular formula is C19H25N3O2. The first-order valence-electron chi connectivity index (χ1n) is 8.79. The van der Waals surface area contributed by atoms with E-state index in [1.54, 1.807) is 6.26 Å². The smallest absolute Gasteiger partial charge is 0.117 e. The minimum absolute atomic E-state index is 0.320. The van der Waals surface area contributed by atoms with Crippen molar-refractivity contribution in [3.05, 3.63) is 53.7 Å². The first-order chi connectivity index (χ1) is 11.8. The summed E-state index contributed by atoms with van der Waals surface area (Å²) < 4.78 is 11.6. The molecule has 2 fully saturated rings. The van der Waals surface area contributed by atoms with Crippen LogP contribution in [0.5, 0.6) is 0 Å². The maximum atomic E-state index is 6.14. The fourth-order valence-electron chi connectivity index (χ4n) is 3.83. The summed E-state index contributed by atoms with van der Waals surface area (Å²) in [6, 6.07) is 10.7. The van der Waals surface area contributed by atoms with Crippen LogP contribution in [0.3, 0.4) is 0 Å². The number of rotatable bonds is 5. The van der Waals surface area contributed by atoms with E-state index in [0.717, 1.165) is 56.3 Å². The summed E-state index contributed by atoms with van der Waals surface area (Å²) in [6.45, 7) is 7.91. The lowest BCUT2D eigenvalue weighted by Crippen LogP contribution is -2.49. The van der Waals surface area contributed by atoms with Gasteiger partial charge in [0.15, 0.2) is 0 Å². The summed E-state index contributed by atoms with van der Waals surface area (Å²) in [5, 5.41) is 0. The van der Waals surface area contributed by atoms with Crippen LogP contribution in [0.1, 0.15) is 23.6 Å². The molecule has 0 spiro atoms. The average molecular weight is 327 g/mol. The van der Waals surface area contributed by atoms with Crippen molar-refractivity contribution in [2.75, 3.05) is 26.2 Å². The number of fused-ring (bicyclic) bond motifs is 1. The van der Waals surface area contributed by atoms with Gasteiger partial charge in [0.25, 0.3) is 0 Å². The highest BCUT2D eigenvalue weighted by Crippen LogP contribution is 2.25. The number of ether oxygens (including phenoxy) is 1. The molecule has 0 amide bonds. The lowest BCUT2D eigenvalue weighted by molar-refractivity contribution is 0.0438. The second-order valence-electron chi connectivity index (χ2n) is 6.90. The van der Waals surface area contributed by atoms with Crippen molar-refractivity contribution in [2.45, 2.75) is 38.6 Å². The Hall–Kier alpha value is -1.69. The third-order valence-corrected chi connectivity index (χ3v) is 5.03. The molecule has 2 aliphatic rings. The van der Waals surface area contributed by atoms with Crippen molar-refractivity contribution < 1.29 is 9.15 Å². The second kappa shape index (κ2) is 7.05. The molecule has 24 heavy (non-hydrogen) atoms. The summed E-state index contributed by atoms with van der Waals surface area (Å²) in [4.78, 5) is 9.59. The van der Waals surface area contributed by atoms with Gasteiger partial charge in [-0.3, -0.25) is 14.8 Å². The molecule has 2 aliphatic heterocycles. The number of nitrogens with zero attached hydrogens (tertiary/aromatic N) is 3. The Labute approximate surface area is 143 Å². The van der Waals surface area contributed by atoms with E-state index in [2.05, 4.69) is 20.9 Å². The van der Waals surface area contributed by atoms with E-state index in [4.69, 9.17) is 9.15 Å². The van der Waals surface area contributed by atoms with Crippen LogP contribution >= 0.6 is 0 Å². The number of aryl methyl sites for hydroxylation is 1. The van der Waals surface area contributed by atoms with E-state index in [1.165, 1.54) is 0 Å². The molecular weight excluding hydrogens is 302 g/mol. The van der Waals surface area contributed by atoms with Crippen LogP contribution in [-0.2, 0) is 17.9 Å². The van der Waals surface area contributed by atoms with Crippen LogP contribution in [0.4, 0.5) is 0 Å². The third kappa shape index (κ3) is 3.69. The normalized spacial score (nSPS) is 25.0. The fourth-order valence-corrected chi connectivity index (χ4v) is 3.83. The lowest BCUT2D eigenvalue weighted by Gasteiger charge is -2.36. The molecule has 0 N–H and O–H groups in total. The van der Waals surface area contributed by atoms with Crippen molar-refractivity contribution in [2.24, 2.45) is 0 Å². The van der Waals surface area contributed by atoms with Crippen LogP contribution in [0, 0.1) is 6.92 Å². The molecule has 0 saturated carbocycles. The summed E-state index contributed by atoms with van der Waals surface area (Å²) in [5.74, 6) is 1.06. The van der Waals surface area contributed by atoms with E-state index in [0.29, 0.717) is 18.8 Å². The highest BCUT2D eigenvalue weighted by atomic mass is 16.5. The van der Waals surface area contributed by atoms with E-state index < -0.39 is 0 Å². The van der Waals surface area contributed by atoms with Crippen molar-refractivity contribution in [3.63, 3.8) is 0 Å². The first-order valence-corrected chi connectivity index (χ1v) is 8.79. The van der Waals surface area contributed by atoms with Crippen LogP contribution in [0.25, 0.3) is 0 Å². The highest BCUT2D eigenvalue weighted by Gasteiger charge is 2.36. The molecule has 2 atom stereocenters. The van der Waals surface area contributed by atoms with E-state index in [9.17, 15) is 0 Å². The number of furan rings is 1. The topological polar surface area (TPSA) is 41.7 Å². The largest absolute Gasteiger partial charge is 0.468 e. The van der Waals surface area contributed by atoms with Crippen LogP contribution < -0.4 is 0 Å².